The molecule has 0 unspecified atom stereocenters. The fourth-order valence-electron chi connectivity index (χ4n) is 4.10. The number of nitrogens with zero attached hydrogens (tertiary/aromatic N) is 3. The number of rotatable bonds is 8. The second-order valence-electron chi connectivity index (χ2n) is 8.54. The van der Waals surface area contributed by atoms with Gasteiger partial charge in [0.1, 0.15) is 5.82 Å². The van der Waals surface area contributed by atoms with Crippen molar-refractivity contribution in [2.24, 2.45) is 0 Å². The number of hydrogen-bond acceptors (Lipinski definition) is 3. The third kappa shape index (κ3) is 4.80. The van der Waals surface area contributed by atoms with E-state index in [-0.39, 0.29) is 24.2 Å². The van der Waals surface area contributed by atoms with Crippen molar-refractivity contribution in [3.63, 3.8) is 0 Å². The van der Waals surface area contributed by atoms with E-state index in [0.29, 0.717) is 23.4 Å². The highest BCUT2D eigenvalue weighted by atomic mass is 19.1. The molecule has 1 amide bonds. The third-order valence-electron chi connectivity index (χ3n) is 6.05. The van der Waals surface area contributed by atoms with Gasteiger partial charge in [0.2, 0.25) is 5.88 Å². The number of carbonyl (C=O) groups is 1. The smallest absolute Gasteiger partial charge is 0.254 e. The number of aryl methyl sites for hydroxylation is 1. The largest absolute Gasteiger partial charge is 0.435 e. The summed E-state index contributed by atoms with van der Waals surface area (Å²) < 4.78 is 35.8. The maximum absolute atomic E-state index is 14.6. The summed E-state index contributed by atoms with van der Waals surface area (Å²) in [7, 11) is 0. The highest BCUT2D eigenvalue weighted by Crippen LogP contribution is 2.36. The van der Waals surface area contributed by atoms with E-state index in [0.717, 1.165) is 36.4 Å². The molecule has 0 aliphatic heterocycles. The zero-order chi connectivity index (χ0) is 24.4. The van der Waals surface area contributed by atoms with Crippen LogP contribution in [0.15, 0.2) is 78.9 Å². The molecular formula is C28H25F2N3O2. The predicted molar refractivity (Wildman–Crippen MR) is 129 cm³/mol. The molecule has 0 N–H and O–H groups in total. The summed E-state index contributed by atoms with van der Waals surface area (Å²) in [4.78, 5) is 15.3. The fourth-order valence-corrected chi connectivity index (χ4v) is 4.10. The zero-order valence-electron chi connectivity index (χ0n) is 19.3. The molecule has 0 saturated heterocycles. The number of amides is 1. The Labute approximate surface area is 202 Å². The molecule has 1 aromatic heterocycles. The van der Waals surface area contributed by atoms with E-state index in [2.05, 4.69) is 0 Å². The molecule has 1 saturated carbocycles. The van der Waals surface area contributed by atoms with Gasteiger partial charge in [-0.05, 0) is 55.7 Å². The van der Waals surface area contributed by atoms with Crippen molar-refractivity contribution < 1.29 is 18.3 Å². The Balaban J connectivity index is 1.60. The number of para-hydroxylation sites is 1. The van der Waals surface area contributed by atoms with Crippen molar-refractivity contribution in [2.75, 3.05) is 0 Å². The third-order valence-corrected chi connectivity index (χ3v) is 6.05. The Hall–Kier alpha value is -4.00. The minimum absolute atomic E-state index is 0.0680. The number of benzene rings is 3. The number of ether oxygens (including phenoxy) is 1. The summed E-state index contributed by atoms with van der Waals surface area (Å²) >= 11 is 0. The first-order valence-corrected chi connectivity index (χ1v) is 11.7. The van der Waals surface area contributed by atoms with Gasteiger partial charge in [-0.1, -0.05) is 43.3 Å². The normalized spacial score (nSPS) is 13.0. The summed E-state index contributed by atoms with van der Waals surface area (Å²) in [6.45, 7) is 2.25. The van der Waals surface area contributed by atoms with Crippen LogP contribution < -0.4 is 4.74 Å². The van der Waals surface area contributed by atoms with Gasteiger partial charge in [-0.2, -0.15) is 5.10 Å². The van der Waals surface area contributed by atoms with Gasteiger partial charge >= 0.3 is 0 Å². The molecule has 1 aliphatic carbocycles. The molecule has 1 aliphatic rings. The van der Waals surface area contributed by atoms with Crippen LogP contribution in [0.1, 0.15) is 41.4 Å². The first-order chi connectivity index (χ1) is 17.0. The van der Waals surface area contributed by atoms with E-state index >= 15 is 0 Å². The van der Waals surface area contributed by atoms with Gasteiger partial charge in [0.05, 0.1) is 23.5 Å². The van der Waals surface area contributed by atoms with Gasteiger partial charge in [-0.3, -0.25) is 4.79 Å². The summed E-state index contributed by atoms with van der Waals surface area (Å²) in [6.07, 6.45) is 2.45. The number of carbonyl (C=O) groups excluding carboxylic acids is 1. The van der Waals surface area contributed by atoms with Crippen LogP contribution in [-0.4, -0.2) is 26.6 Å². The van der Waals surface area contributed by atoms with E-state index in [4.69, 9.17) is 9.84 Å². The van der Waals surface area contributed by atoms with Gasteiger partial charge in [0.25, 0.3) is 5.91 Å². The first-order valence-electron chi connectivity index (χ1n) is 11.7. The second kappa shape index (κ2) is 9.70. The lowest BCUT2D eigenvalue weighted by Gasteiger charge is -2.23. The molecule has 35 heavy (non-hydrogen) atoms. The lowest BCUT2D eigenvalue weighted by atomic mass is 10.1. The number of hydrogen-bond donors (Lipinski definition) is 0. The molecule has 1 heterocycles. The standard InChI is InChI=1S/C28H25F2N3O2/c1-2-25-23(18-32(21-14-15-21)27(34)19-9-5-3-6-10-19)28(33(31-25)22-11-7-4-8-12-22)35-26-16-13-20(29)17-24(26)30/h3-13,16-17,21H,2,14-15,18H2,1H3. The van der Waals surface area contributed by atoms with Gasteiger partial charge in [0, 0.05) is 17.7 Å². The molecule has 0 bridgehead atoms. The zero-order valence-corrected chi connectivity index (χ0v) is 19.3. The van der Waals surface area contributed by atoms with Crippen molar-refractivity contribution >= 4 is 5.91 Å². The summed E-state index contributed by atoms with van der Waals surface area (Å²) in [5.74, 6) is -1.37. The van der Waals surface area contributed by atoms with Crippen molar-refractivity contribution in [2.45, 2.75) is 38.8 Å². The first kappa shape index (κ1) is 22.8. The molecule has 3 aromatic carbocycles. The molecule has 0 atom stereocenters. The van der Waals surface area contributed by atoms with Gasteiger partial charge in [-0.15, -0.1) is 0 Å². The molecule has 7 heteroatoms. The van der Waals surface area contributed by atoms with Crippen LogP contribution in [0.2, 0.25) is 0 Å². The van der Waals surface area contributed by atoms with Gasteiger partial charge in [-0.25, -0.2) is 13.5 Å². The molecule has 5 rings (SSSR count). The SMILES string of the molecule is CCc1nn(-c2ccccc2)c(Oc2ccc(F)cc2F)c1CN(C(=O)c1ccccc1)C1CC1. The highest BCUT2D eigenvalue weighted by molar-refractivity contribution is 5.94. The summed E-state index contributed by atoms with van der Waals surface area (Å²) in [6, 6.07) is 21.9. The molecule has 0 spiro atoms. The van der Waals surface area contributed by atoms with Crippen LogP contribution in [0.4, 0.5) is 8.78 Å². The van der Waals surface area contributed by atoms with Crippen molar-refractivity contribution in [1.82, 2.24) is 14.7 Å². The topological polar surface area (TPSA) is 47.4 Å². The Morgan fingerprint density at radius 3 is 2.34 bits per heavy atom. The van der Waals surface area contributed by atoms with Crippen molar-refractivity contribution in [1.29, 1.82) is 0 Å². The second-order valence-corrected chi connectivity index (χ2v) is 8.54. The minimum atomic E-state index is -0.811. The molecule has 4 aromatic rings. The molecule has 178 valence electrons. The van der Waals surface area contributed by atoms with E-state index in [1.165, 1.54) is 6.07 Å². The molecule has 1 fully saturated rings. The number of halogens is 2. The van der Waals surface area contributed by atoms with Gasteiger partial charge in [0.15, 0.2) is 11.6 Å². The Morgan fingerprint density at radius 2 is 1.71 bits per heavy atom. The minimum Gasteiger partial charge on any atom is -0.435 e. The Morgan fingerprint density at radius 1 is 1.03 bits per heavy atom. The quantitative estimate of drug-likeness (QED) is 0.301. The average Bonchev–Trinajstić information content (AvgIpc) is 3.67. The van der Waals surface area contributed by atoms with Crippen LogP contribution in [0.3, 0.4) is 0 Å². The van der Waals surface area contributed by atoms with Crippen molar-refractivity contribution in [3.05, 3.63) is 107 Å². The molecular weight excluding hydrogens is 448 g/mol. The van der Waals surface area contributed by atoms with Gasteiger partial charge < -0.3 is 9.64 Å². The average molecular weight is 474 g/mol. The van der Waals surface area contributed by atoms with E-state index < -0.39 is 11.6 Å². The van der Waals surface area contributed by atoms with Crippen LogP contribution in [0, 0.1) is 11.6 Å². The molecule has 5 nitrogen and oxygen atoms in total. The van der Waals surface area contributed by atoms with Crippen LogP contribution in [0.25, 0.3) is 5.69 Å². The highest BCUT2D eigenvalue weighted by Gasteiger charge is 2.35. The molecule has 0 radical (unpaired) electrons. The lowest BCUT2D eigenvalue weighted by Crippen LogP contribution is -2.33. The van der Waals surface area contributed by atoms with Crippen LogP contribution in [0.5, 0.6) is 11.6 Å². The predicted octanol–water partition coefficient (Wildman–Crippen LogP) is 6.31. The van der Waals surface area contributed by atoms with E-state index in [9.17, 15) is 13.6 Å². The van der Waals surface area contributed by atoms with Crippen LogP contribution >= 0.6 is 0 Å². The monoisotopic (exact) mass is 473 g/mol. The maximum atomic E-state index is 14.6. The lowest BCUT2D eigenvalue weighted by molar-refractivity contribution is 0.0728. The van der Waals surface area contributed by atoms with Crippen LogP contribution in [-0.2, 0) is 13.0 Å². The fraction of sp³-hybridized carbons (Fsp3) is 0.214. The van der Waals surface area contributed by atoms with Crippen molar-refractivity contribution in [3.8, 4) is 17.3 Å². The maximum Gasteiger partial charge on any atom is 0.254 e. The van der Waals surface area contributed by atoms with E-state index in [1.807, 2.05) is 60.4 Å². The number of aromatic nitrogens is 2. The Kier molecular flexibility index (Phi) is 6.31. The van der Waals surface area contributed by atoms with E-state index in [1.54, 1.807) is 16.8 Å². The summed E-state index contributed by atoms with van der Waals surface area (Å²) in [5, 5.41) is 4.76. The Bertz CT molecular complexity index is 1340. The summed E-state index contributed by atoms with van der Waals surface area (Å²) in [5.41, 5.74) is 2.80.